The molecule has 10 heteroatoms. The minimum absolute atomic E-state index is 0.0967. The lowest BCUT2D eigenvalue weighted by Gasteiger charge is -2.14. The minimum atomic E-state index is -4.68. The molecule has 0 fully saturated rings. The molecule has 0 aliphatic rings. The molecule has 3 heterocycles. The first-order valence-corrected chi connectivity index (χ1v) is 8.79. The first-order chi connectivity index (χ1) is 13.7. The summed E-state index contributed by atoms with van der Waals surface area (Å²) in [5, 5.41) is 4.31. The first kappa shape index (κ1) is 19.1. The van der Waals surface area contributed by atoms with E-state index in [9.17, 15) is 18.0 Å². The van der Waals surface area contributed by atoms with Gasteiger partial charge < -0.3 is 4.52 Å². The van der Waals surface area contributed by atoms with E-state index < -0.39 is 17.6 Å². The van der Waals surface area contributed by atoms with Crippen molar-refractivity contribution in [1.82, 2.24) is 19.7 Å². The van der Waals surface area contributed by atoms with E-state index in [4.69, 9.17) is 16.1 Å². The first-order valence-electron chi connectivity index (χ1n) is 8.41. The summed E-state index contributed by atoms with van der Waals surface area (Å²) in [4.78, 5) is 20.6. The number of rotatable bonds is 3. The molecule has 6 nitrogen and oxygen atoms in total. The zero-order valence-corrected chi connectivity index (χ0v) is 15.6. The van der Waals surface area contributed by atoms with Gasteiger partial charge in [-0.15, -0.1) is 0 Å². The highest BCUT2D eigenvalue weighted by Crippen LogP contribution is 2.30. The fourth-order valence-corrected chi connectivity index (χ4v) is 3.20. The quantitative estimate of drug-likeness (QED) is 0.493. The van der Waals surface area contributed by atoms with Gasteiger partial charge in [0.25, 0.3) is 0 Å². The average Bonchev–Trinajstić information content (AvgIpc) is 3.06. The molecule has 0 aliphatic carbocycles. The van der Waals surface area contributed by atoms with Gasteiger partial charge in [-0.05, 0) is 31.2 Å². The maximum Gasteiger partial charge on any atom is 0.433 e. The number of halogens is 4. The number of benzene rings is 1. The molecule has 0 radical (unpaired) electrons. The standard InChI is InChI=1S/C19H12ClF3N4O2/c1-10-8-11(26-29-10)9-14-12-6-7-16(19(21,22)23)25-17(12)27(18(28)24-14)15-5-3-2-4-13(15)20/h2-8H,9H2,1H3. The fraction of sp³-hybridized carbons (Fsp3) is 0.158. The summed E-state index contributed by atoms with van der Waals surface area (Å²) < 4.78 is 45.8. The van der Waals surface area contributed by atoms with E-state index >= 15 is 0 Å². The third-order valence-electron chi connectivity index (χ3n) is 4.23. The Balaban J connectivity index is 2.02. The predicted octanol–water partition coefficient (Wildman–Crippen LogP) is 4.34. The predicted molar refractivity (Wildman–Crippen MR) is 99.2 cm³/mol. The molecular formula is C19H12ClF3N4O2. The summed E-state index contributed by atoms with van der Waals surface area (Å²) in [5.41, 5.74) is -1.20. The van der Waals surface area contributed by atoms with Crippen molar-refractivity contribution in [3.05, 3.63) is 80.8 Å². The van der Waals surface area contributed by atoms with E-state index in [-0.39, 0.29) is 33.9 Å². The highest BCUT2D eigenvalue weighted by molar-refractivity contribution is 6.32. The van der Waals surface area contributed by atoms with E-state index in [1.165, 1.54) is 18.2 Å². The van der Waals surface area contributed by atoms with E-state index in [1.54, 1.807) is 25.1 Å². The van der Waals surface area contributed by atoms with E-state index in [0.29, 0.717) is 11.5 Å². The van der Waals surface area contributed by atoms with Crippen molar-refractivity contribution in [3.8, 4) is 5.69 Å². The largest absolute Gasteiger partial charge is 0.433 e. The molecule has 0 atom stereocenters. The number of aromatic nitrogens is 4. The molecule has 0 unspecified atom stereocenters. The SMILES string of the molecule is Cc1cc(Cc2nc(=O)n(-c3ccccc3Cl)c3nc(C(F)(F)F)ccc23)no1. The van der Waals surface area contributed by atoms with Crippen LogP contribution in [0.2, 0.25) is 5.02 Å². The van der Waals surface area contributed by atoms with E-state index in [0.717, 1.165) is 10.6 Å². The Bertz CT molecular complexity index is 1280. The van der Waals surface area contributed by atoms with Gasteiger partial charge in [0.2, 0.25) is 0 Å². The molecular weight excluding hydrogens is 409 g/mol. The minimum Gasteiger partial charge on any atom is -0.361 e. The smallest absolute Gasteiger partial charge is 0.361 e. The van der Waals surface area contributed by atoms with E-state index in [1.807, 2.05) is 0 Å². The lowest BCUT2D eigenvalue weighted by atomic mass is 10.1. The molecule has 4 rings (SSSR count). The normalized spacial score (nSPS) is 11.9. The summed E-state index contributed by atoms with van der Waals surface area (Å²) in [7, 11) is 0. The molecule has 0 aliphatic heterocycles. The second-order valence-corrected chi connectivity index (χ2v) is 6.71. The van der Waals surface area contributed by atoms with Crippen LogP contribution in [0.15, 0.2) is 51.8 Å². The molecule has 0 saturated carbocycles. The van der Waals surface area contributed by atoms with Gasteiger partial charge in [-0.3, -0.25) is 0 Å². The average molecular weight is 421 g/mol. The van der Waals surface area contributed by atoms with Crippen LogP contribution in [-0.2, 0) is 12.6 Å². The van der Waals surface area contributed by atoms with Crippen molar-refractivity contribution in [2.75, 3.05) is 0 Å². The Morgan fingerprint density at radius 2 is 1.90 bits per heavy atom. The van der Waals surface area contributed by atoms with Crippen molar-refractivity contribution in [1.29, 1.82) is 0 Å². The van der Waals surface area contributed by atoms with Crippen LogP contribution in [0, 0.1) is 6.92 Å². The van der Waals surface area contributed by atoms with Crippen LogP contribution in [0.1, 0.15) is 22.8 Å². The molecule has 4 aromatic rings. The number of pyridine rings is 1. The van der Waals surface area contributed by atoms with Gasteiger partial charge in [0.1, 0.15) is 11.5 Å². The molecule has 0 N–H and O–H groups in total. The van der Waals surface area contributed by atoms with Gasteiger partial charge in [0.15, 0.2) is 5.65 Å². The van der Waals surface area contributed by atoms with Gasteiger partial charge in [-0.1, -0.05) is 28.9 Å². The van der Waals surface area contributed by atoms with Crippen molar-refractivity contribution < 1.29 is 17.7 Å². The van der Waals surface area contributed by atoms with Crippen molar-refractivity contribution in [3.63, 3.8) is 0 Å². The molecule has 148 valence electrons. The second-order valence-electron chi connectivity index (χ2n) is 6.30. The number of aryl methyl sites for hydroxylation is 1. The zero-order chi connectivity index (χ0) is 20.8. The number of hydrogen-bond acceptors (Lipinski definition) is 5. The van der Waals surface area contributed by atoms with Crippen molar-refractivity contribution in [2.45, 2.75) is 19.5 Å². The fourth-order valence-electron chi connectivity index (χ4n) is 2.98. The Labute approximate surface area is 166 Å². The number of para-hydroxylation sites is 1. The Morgan fingerprint density at radius 3 is 2.55 bits per heavy atom. The van der Waals surface area contributed by atoms with Crippen LogP contribution < -0.4 is 5.69 Å². The number of nitrogens with zero attached hydrogens (tertiary/aromatic N) is 4. The van der Waals surface area contributed by atoms with E-state index in [2.05, 4.69) is 15.1 Å². The van der Waals surface area contributed by atoms with Crippen LogP contribution in [0.3, 0.4) is 0 Å². The molecule has 0 bridgehead atoms. The molecule has 29 heavy (non-hydrogen) atoms. The summed E-state index contributed by atoms with van der Waals surface area (Å²) in [5.74, 6) is 0.561. The van der Waals surface area contributed by atoms with Gasteiger partial charge in [-0.2, -0.15) is 18.2 Å². The lowest BCUT2D eigenvalue weighted by Crippen LogP contribution is -2.25. The Hall–Kier alpha value is -3.20. The summed E-state index contributed by atoms with van der Waals surface area (Å²) in [6.45, 7) is 1.70. The summed E-state index contributed by atoms with van der Waals surface area (Å²) in [6, 6.07) is 10.0. The Kier molecular flexibility index (Phi) is 4.62. The van der Waals surface area contributed by atoms with Crippen LogP contribution in [0.25, 0.3) is 16.7 Å². The van der Waals surface area contributed by atoms with Gasteiger partial charge in [-0.25, -0.2) is 14.3 Å². The van der Waals surface area contributed by atoms with Crippen LogP contribution in [0.5, 0.6) is 0 Å². The maximum absolute atomic E-state index is 13.3. The molecule has 0 saturated heterocycles. The summed E-state index contributed by atoms with van der Waals surface area (Å²) in [6.07, 6.45) is -4.58. The number of fused-ring (bicyclic) bond motifs is 1. The second kappa shape index (κ2) is 7.00. The molecule has 1 aromatic carbocycles. The van der Waals surface area contributed by atoms with Crippen LogP contribution in [-0.4, -0.2) is 19.7 Å². The highest BCUT2D eigenvalue weighted by atomic mass is 35.5. The maximum atomic E-state index is 13.3. The highest BCUT2D eigenvalue weighted by Gasteiger charge is 2.33. The third kappa shape index (κ3) is 3.61. The monoisotopic (exact) mass is 420 g/mol. The van der Waals surface area contributed by atoms with Crippen molar-refractivity contribution in [2.24, 2.45) is 0 Å². The number of alkyl halides is 3. The lowest BCUT2D eigenvalue weighted by molar-refractivity contribution is -0.141. The van der Waals surface area contributed by atoms with Crippen molar-refractivity contribution >= 4 is 22.6 Å². The molecule has 0 spiro atoms. The third-order valence-corrected chi connectivity index (χ3v) is 4.55. The zero-order valence-electron chi connectivity index (χ0n) is 14.9. The van der Waals surface area contributed by atoms with Gasteiger partial charge >= 0.3 is 11.9 Å². The molecule has 0 amide bonds. The topological polar surface area (TPSA) is 73.8 Å². The Morgan fingerprint density at radius 1 is 1.14 bits per heavy atom. The summed E-state index contributed by atoms with van der Waals surface area (Å²) >= 11 is 6.17. The molecule has 3 aromatic heterocycles. The number of hydrogen-bond donors (Lipinski definition) is 0. The van der Waals surface area contributed by atoms with Gasteiger partial charge in [0, 0.05) is 17.9 Å². The van der Waals surface area contributed by atoms with Crippen LogP contribution >= 0.6 is 11.6 Å². The van der Waals surface area contributed by atoms with Gasteiger partial charge in [0.05, 0.1) is 22.1 Å². The van der Waals surface area contributed by atoms with Crippen LogP contribution in [0.4, 0.5) is 13.2 Å².